The van der Waals surface area contributed by atoms with Crippen molar-refractivity contribution in [3.05, 3.63) is 70.9 Å². The second kappa shape index (κ2) is 8.12. The van der Waals surface area contributed by atoms with Gasteiger partial charge in [-0.3, -0.25) is 14.3 Å². The Morgan fingerprint density at radius 2 is 1.89 bits per heavy atom. The Bertz CT molecular complexity index is 989. The number of furan rings is 1. The summed E-state index contributed by atoms with van der Waals surface area (Å²) in [6.45, 7) is 7.87. The van der Waals surface area contributed by atoms with Crippen LogP contribution in [-0.4, -0.2) is 28.1 Å². The Labute approximate surface area is 163 Å². The van der Waals surface area contributed by atoms with Gasteiger partial charge in [0, 0.05) is 17.9 Å². The van der Waals surface area contributed by atoms with Gasteiger partial charge in [0.2, 0.25) is 0 Å². The van der Waals surface area contributed by atoms with Crippen LogP contribution in [-0.2, 0) is 9.59 Å². The molecule has 3 aromatic rings. The van der Waals surface area contributed by atoms with Crippen LogP contribution in [0.2, 0.25) is 0 Å². The van der Waals surface area contributed by atoms with Gasteiger partial charge in [0.1, 0.15) is 11.8 Å². The molecule has 0 bridgehead atoms. The van der Waals surface area contributed by atoms with Crippen molar-refractivity contribution in [2.45, 2.75) is 33.7 Å². The van der Waals surface area contributed by atoms with Crippen LogP contribution in [0, 0.1) is 27.7 Å². The molecule has 7 nitrogen and oxygen atoms in total. The second-order valence-corrected chi connectivity index (χ2v) is 6.81. The van der Waals surface area contributed by atoms with Gasteiger partial charge in [0.15, 0.2) is 0 Å². The highest BCUT2D eigenvalue weighted by atomic mass is 16.3. The SMILES string of the molecule is Cc1cc(C)n([C@@H](CNC(=O)C(=O)Nc2cccc(C)c2C)c2ccco2)n1. The zero-order valence-electron chi connectivity index (χ0n) is 16.4. The first kappa shape index (κ1) is 19.4. The summed E-state index contributed by atoms with van der Waals surface area (Å²) in [5, 5.41) is 9.84. The molecule has 2 aromatic heterocycles. The molecule has 0 radical (unpaired) electrons. The molecule has 0 saturated heterocycles. The Balaban J connectivity index is 1.71. The van der Waals surface area contributed by atoms with Crippen molar-refractivity contribution < 1.29 is 14.0 Å². The molecule has 0 aliphatic carbocycles. The first-order chi connectivity index (χ1) is 13.4. The summed E-state index contributed by atoms with van der Waals surface area (Å²) in [5.41, 5.74) is 4.41. The quantitative estimate of drug-likeness (QED) is 0.666. The third-order valence-electron chi connectivity index (χ3n) is 4.73. The predicted octanol–water partition coefficient (Wildman–Crippen LogP) is 3.05. The standard InChI is InChI=1S/C21H24N4O3/c1-13-7-5-8-17(16(13)4)23-21(27)20(26)22-12-18(19-9-6-10-28-19)25-15(3)11-14(2)24-25/h5-11,18H,12H2,1-4H3,(H,22,26)(H,23,27)/t18-/m0/s1. The van der Waals surface area contributed by atoms with Crippen LogP contribution in [0.1, 0.15) is 34.3 Å². The molecule has 28 heavy (non-hydrogen) atoms. The molecule has 2 amide bonds. The van der Waals surface area contributed by atoms with E-state index < -0.39 is 11.8 Å². The number of amides is 2. The lowest BCUT2D eigenvalue weighted by atomic mass is 10.1. The average Bonchev–Trinajstić information content (AvgIpc) is 3.29. The summed E-state index contributed by atoms with van der Waals surface area (Å²) < 4.78 is 7.31. The molecule has 0 unspecified atom stereocenters. The highest BCUT2D eigenvalue weighted by Gasteiger charge is 2.23. The molecule has 7 heteroatoms. The van der Waals surface area contributed by atoms with Crippen molar-refractivity contribution in [1.82, 2.24) is 15.1 Å². The monoisotopic (exact) mass is 380 g/mol. The molecule has 0 fully saturated rings. The van der Waals surface area contributed by atoms with Gasteiger partial charge in [0.05, 0.1) is 12.0 Å². The third kappa shape index (κ3) is 4.14. The van der Waals surface area contributed by atoms with Gasteiger partial charge in [-0.15, -0.1) is 0 Å². The van der Waals surface area contributed by atoms with Crippen molar-refractivity contribution in [1.29, 1.82) is 0 Å². The van der Waals surface area contributed by atoms with Crippen LogP contribution >= 0.6 is 0 Å². The Morgan fingerprint density at radius 3 is 2.54 bits per heavy atom. The Kier molecular flexibility index (Phi) is 5.63. The van der Waals surface area contributed by atoms with Crippen LogP contribution in [0.15, 0.2) is 47.1 Å². The van der Waals surface area contributed by atoms with Crippen LogP contribution < -0.4 is 10.6 Å². The predicted molar refractivity (Wildman–Crippen MR) is 106 cm³/mol. The number of aryl methyl sites for hydroxylation is 3. The highest BCUT2D eigenvalue weighted by Crippen LogP contribution is 2.21. The fourth-order valence-corrected chi connectivity index (χ4v) is 3.09. The molecule has 0 aliphatic rings. The third-order valence-corrected chi connectivity index (χ3v) is 4.73. The van der Waals surface area contributed by atoms with Crippen LogP contribution in [0.3, 0.4) is 0 Å². The topological polar surface area (TPSA) is 89.2 Å². The molecule has 1 aromatic carbocycles. The van der Waals surface area contributed by atoms with Crippen LogP contribution in [0.25, 0.3) is 0 Å². The zero-order chi connectivity index (χ0) is 20.3. The Morgan fingerprint density at radius 1 is 1.11 bits per heavy atom. The molecule has 146 valence electrons. The molecule has 2 N–H and O–H groups in total. The van der Waals surface area contributed by atoms with Gasteiger partial charge in [-0.2, -0.15) is 5.10 Å². The van der Waals surface area contributed by atoms with E-state index in [1.54, 1.807) is 23.1 Å². The van der Waals surface area contributed by atoms with Crippen molar-refractivity contribution in [2.75, 3.05) is 11.9 Å². The summed E-state index contributed by atoms with van der Waals surface area (Å²) in [6.07, 6.45) is 1.57. The van der Waals surface area contributed by atoms with Crippen LogP contribution in [0.5, 0.6) is 0 Å². The number of hydrogen-bond acceptors (Lipinski definition) is 4. The molecular weight excluding hydrogens is 356 g/mol. The van der Waals surface area contributed by atoms with Gasteiger partial charge in [-0.1, -0.05) is 12.1 Å². The fourth-order valence-electron chi connectivity index (χ4n) is 3.09. The van der Waals surface area contributed by atoms with E-state index in [0.29, 0.717) is 11.4 Å². The van der Waals surface area contributed by atoms with Crippen molar-refractivity contribution in [3.8, 4) is 0 Å². The van der Waals surface area contributed by atoms with Crippen LogP contribution in [0.4, 0.5) is 5.69 Å². The highest BCUT2D eigenvalue weighted by molar-refractivity contribution is 6.39. The maximum atomic E-state index is 12.4. The molecule has 0 saturated carbocycles. The normalized spacial score (nSPS) is 11.9. The maximum Gasteiger partial charge on any atom is 0.313 e. The number of benzene rings is 1. The summed E-state index contributed by atoms with van der Waals surface area (Å²) in [4.78, 5) is 24.7. The van der Waals surface area contributed by atoms with Gasteiger partial charge < -0.3 is 15.1 Å². The average molecular weight is 380 g/mol. The van der Waals surface area contributed by atoms with E-state index in [2.05, 4.69) is 15.7 Å². The minimum absolute atomic E-state index is 0.175. The molecule has 3 rings (SSSR count). The lowest BCUT2D eigenvalue weighted by Gasteiger charge is -2.18. The lowest BCUT2D eigenvalue weighted by molar-refractivity contribution is -0.136. The maximum absolute atomic E-state index is 12.4. The Hall–Kier alpha value is -3.35. The van der Waals surface area contributed by atoms with Gasteiger partial charge >= 0.3 is 11.8 Å². The van der Waals surface area contributed by atoms with Crippen molar-refractivity contribution >= 4 is 17.5 Å². The first-order valence-corrected chi connectivity index (χ1v) is 9.08. The van der Waals surface area contributed by atoms with E-state index in [1.807, 2.05) is 52.0 Å². The number of carbonyl (C=O) groups is 2. The first-order valence-electron chi connectivity index (χ1n) is 9.08. The smallest absolute Gasteiger partial charge is 0.313 e. The van der Waals surface area contributed by atoms with Crippen molar-refractivity contribution in [2.24, 2.45) is 0 Å². The number of carbonyl (C=O) groups excluding carboxylic acids is 2. The van der Waals surface area contributed by atoms with E-state index in [-0.39, 0.29) is 12.6 Å². The molecule has 0 aliphatic heterocycles. The van der Waals surface area contributed by atoms with Crippen molar-refractivity contribution in [3.63, 3.8) is 0 Å². The fraction of sp³-hybridized carbons (Fsp3) is 0.286. The molecule has 1 atom stereocenters. The summed E-state index contributed by atoms with van der Waals surface area (Å²) in [7, 11) is 0. The van der Waals surface area contributed by atoms with E-state index in [1.165, 1.54) is 0 Å². The number of nitrogens with zero attached hydrogens (tertiary/aromatic N) is 2. The minimum Gasteiger partial charge on any atom is -0.467 e. The molecular formula is C21H24N4O3. The number of aromatic nitrogens is 2. The number of rotatable bonds is 5. The minimum atomic E-state index is -0.709. The van der Waals surface area contributed by atoms with E-state index in [9.17, 15) is 9.59 Å². The summed E-state index contributed by atoms with van der Waals surface area (Å²) in [6, 6.07) is 10.8. The van der Waals surface area contributed by atoms with Gasteiger partial charge in [0.25, 0.3) is 0 Å². The summed E-state index contributed by atoms with van der Waals surface area (Å²) in [5.74, 6) is -0.763. The van der Waals surface area contributed by atoms with Gasteiger partial charge in [-0.05, 0) is 63.1 Å². The van der Waals surface area contributed by atoms with E-state index in [4.69, 9.17) is 4.42 Å². The largest absolute Gasteiger partial charge is 0.467 e. The molecule has 0 spiro atoms. The number of hydrogen-bond donors (Lipinski definition) is 2. The lowest BCUT2D eigenvalue weighted by Crippen LogP contribution is -2.39. The van der Waals surface area contributed by atoms with Gasteiger partial charge in [-0.25, -0.2) is 0 Å². The second-order valence-electron chi connectivity index (χ2n) is 6.81. The number of anilines is 1. The number of nitrogens with one attached hydrogen (secondary N) is 2. The van der Waals surface area contributed by atoms with E-state index >= 15 is 0 Å². The zero-order valence-corrected chi connectivity index (χ0v) is 16.4. The van der Waals surface area contributed by atoms with E-state index in [0.717, 1.165) is 22.5 Å². The summed E-state index contributed by atoms with van der Waals surface area (Å²) >= 11 is 0. The molecule has 2 heterocycles.